The predicted molar refractivity (Wildman–Crippen MR) is 40.9 cm³/mol. The normalized spacial score (nSPS) is 11.9. The standard InChI is InChI=1S/C5H11N.2ClH.Ru/c1-4-5-6(2)3;;;/h1H,4-5H2,2-3H3;2*1H;/q;;;+2/p-2. The van der Waals surface area contributed by atoms with Gasteiger partial charge in [0.15, 0.2) is 0 Å². The van der Waals surface area contributed by atoms with Gasteiger partial charge in [-0.2, -0.15) is 0 Å². The van der Waals surface area contributed by atoms with Crippen molar-refractivity contribution >= 4 is 24.0 Å². The number of nitrogens with zero attached hydrogens (tertiary/aromatic N) is 1. The van der Waals surface area contributed by atoms with Gasteiger partial charge in [-0.3, -0.25) is 0 Å². The Hall–Kier alpha value is 1.03. The van der Waals surface area contributed by atoms with Crippen LogP contribution >= 0.6 is 19.4 Å². The Labute approximate surface area is 69.4 Å². The molecule has 4 heteroatoms. The first-order valence-electron chi connectivity index (χ1n) is 2.59. The Morgan fingerprint density at radius 3 is 2.33 bits per heavy atom. The molecule has 0 aromatic carbocycles. The second kappa shape index (κ2) is 5.79. The molecule has 0 aliphatic rings. The summed E-state index contributed by atoms with van der Waals surface area (Å²) in [4.78, 5) is 2.11. The van der Waals surface area contributed by atoms with Crippen LogP contribution < -0.4 is 0 Å². The van der Waals surface area contributed by atoms with Gasteiger partial charge in [0, 0.05) is 0 Å². The minimum absolute atomic E-state index is 1.01. The number of hydrogen-bond donors (Lipinski definition) is 0. The summed E-state index contributed by atoms with van der Waals surface area (Å²) < 4.78 is 2.02. The van der Waals surface area contributed by atoms with Crippen molar-refractivity contribution in [3.8, 4) is 0 Å². The van der Waals surface area contributed by atoms with Crippen LogP contribution in [0.2, 0.25) is 0 Å². The predicted octanol–water partition coefficient (Wildman–Crippen LogP) is 1.67. The van der Waals surface area contributed by atoms with Crippen molar-refractivity contribution in [3.05, 3.63) is 0 Å². The van der Waals surface area contributed by atoms with Gasteiger partial charge in [-0.1, -0.05) is 0 Å². The van der Waals surface area contributed by atoms with Crippen LogP contribution in [-0.2, 0) is 13.5 Å². The van der Waals surface area contributed by atoms with Crippen molar-refractivity contribution in [2.24, 2.45) is 0 Å². The van der Waals surface area contributed by atoms with E-state index < -0.39 is 13.5 Å². The second-order valence-electron chi connectivity index (χ2n) is 1.94. The van der Waals surface area contributed by atoms with E-state index in [1.807, 2.05) is 18.7 Å². The molecule has 0 N–H and O–H groups in total. The summed E-state index contributed by atoms with van der Waals surface area (Å²) in [6.07, 6.45) is 1.01. The van der Waals surface area contributed by atoms with Gasteiger partial charge in [-0.25, -0.2) is 0 Å². The van der Waals surface area contributed by atoms with Gasteiger partial charge in [0.2, 0.25) is 0 Å². The van der Waals surface area contributed by atoms with Crippen LogP contribution in [0.15, 0.2) is 0 Å². The van der Waals surface area contributed by atoms with E-state index >= 15 is 0 Å². The Morgan fingerprint density at radius 2 is 2.00 bits per heavy atom. The molecule has 0 radical (unpaired) electrons. The third-order valence-electron chi connectivity index (χ3n) is 0.787. The van der Waals surface area contributed by atoms with Crippen LogP contribution in [0.5, 0.6) is 0 Å². The van der Waals surface area contributed by atoms with Gasteiger partial charge >= 0.3 is 69.5 Å². The molecule has 58 valence electrons. The molecular formula is C5H11Cl2NRu. The van der Waals surface area contributed by atoms with E-state index in [0.717, 1.165) is 13.0 Å². The molecule has 0 aromatic rings. The Balaban J connectivity index is 3.20. The fourth-order valence-electron chi connectivity index (χ4n) is 0.381. The van der Waals surface area contributed by atoms with E-state index in [2.05, 4.69) is 4.90 Å². The first kappa shape index (κ1) is 10.0. The van der Waals surface area contributed by atoms with Crippen LogP contribution in [-0.4, -0.2) is 30.1 Å². The molecule has 0 unspecified atom stereocenters. The van der Waals surface area contributed by atoms with Gasteiger partial charge in [0.25, 0.3) is 0 Å². The van der Waals surface area contributed by atoms with Gasteiger partial charge in [0.1, 0.15) is 0 Å². The molecule has 0 spiro atoms. The number of halogens is 2. The first-order chi connectivity index (χ1) is 4.13. The van der Waals surface area contributed by atoms with E-state index in [1.165, 1.54) is 0 Å². The molecule has 9 heavy (non-hydrogen) atoms. The fraction of sp³-hybridized carbons (Fsp3) is 0.800. The van der Waals surface area contributed by atoms with E-state index in [9.17, 15) is 0 Å². The van der Waals surface area contributed by atoms with Crippen molar-refractivity contribution in [2.45, 2.75) is 6.42 Å². The Kier molecular flexibility index (Phi) is 6.46. The van der Waals surface area contributed by atoms with Crippen molar-refractivity contribution in [3.63, 3.8) is 0 Å². The molecule has 0 heterocycles. The Morgan fingerprint density at radius 1 is 1.44 bits per heavy atom. The summed E-state index contributed by atoms with van der Waals surface area (Å²) in [6, 6.07) is 0. The molecule has 0 aliphatic heterocycles. The number of rotatable bonds is 3. The molecule has 0 bridgehead atoms. The summed E-state index contributed by atoms with van der Waals surface area (Å²) in [7, 11) is 15.3. The summed E-state index contributed by atoms with van der Waals surface area (Å²) in [5.74, 6) is 0. The SMILES string of the molecule is CN(C)CC[CH]=[Ru]([Cl])[Cl]. The van der Waals surface area contributed by atoms with Gasteiger partial charge in [-0.05, 0) is 0 Å². The molecule has 1 nitrogen and oxygen atoms in total. The molecule has 0 rings (SSSR count). The van der Waals surface area contributed by atoms with Crippen molar-refractivity contribution < 1.29 is 13.5 Å². The van der Waals surface area contributed by atoms with Crippen molar-refractivity contribution in [1.82, 2.24) is 4.90 Å². The third-order valence-corrected chi connectivity index (χ3v) is 3.12. The zero-order valence-electron chi connectivity index (χ0n) is 5.55. The van der Waals surface area contributed by atoms with Crippen LogP contribution in [0.4, 0.5) is 0 Å². The maximum absolute atomic E-state index is 5.60. The van der Waals surface area contributed by atoms with Gasteiger partial charge in [-0.15, -0.1) is 0 Å². The molecule has 0 aromatic heterocycles. The van der Waals surface area contributed by atoms with E-state index in [4.69, 9.17) is 19.4 Å². The minimum atomic E-state index is -1.47. The zero-order chi connectivity index (χ0) is 7.28. The number of hydrogen-bond acceptors (Lipinski definition) is 1. The van der Waals surface area contributed by atoms with Gasteiger partial charge in [0.05, 0.1) is 0 Å². The molecule has 0 saturated carbocycles. The van der Waals surface area contributed by atoms with Crippen molar-refractivity contribution in [2.75, 3.05) is 20.6 Å². The molecular weight excluding hydrogens is 246 g/mol. The fourth-order valence-corrected chi connectivity index (χ4v) is 1.90. The average molecular weight is 257 g/mol. The van der Waals surface area contributed by atoms with Crippen LogP contribution in [0.25, 0.3) is 0 Å². The van der Waals surface area contributed by atoms with E-state index in [1.54, 1.807) is 0 Å². The summed E-state index contributed by atoms with van der Waals surface area (Å²) in [5, 5.41) is 0. The maximum atomic E-state index is 5.60. The monoisotopic (exact) mass is 257 g/mol. The van der Waals surface area contributed by atoms with Crippen LogP contribution in [0.3, 0.4) is 0 Å². The van der Waals surface area contributed by atoms with Crippen LogP contribution in [0, 0.1) is 0 Å². The summed E-state index contributed by atoms with van der Waals surface area (Å²) in [6.45, 7) is 1.05. The third kappa shape index (κ3) is 9.03. The van der Waals surface area contributed by atoms with E-state index in [0.29, 0.717) is 0 Å². The molecule has 0 atom stereocenters. The van der Waals surface area contributed by atoms with Crippen molar-refractivity contribution in [1.29, 1.82) is 0 Å². The molecule has 0 aliphatic carbocycles. The molecule has 0 saturated heterocycles. The second-order valence-corrected chi connectivity index (χ2v) is 7.87. The first-order valence-corrected chi connectivity index (χ1v) is 8.07. The quantitative estimate of drug-likeness (QED) is 0.695. The summed E-state index contributed by atoms with van der Waals surface area (Å²) in [5.41, 5.74) is 0. The van der Waals surface area contributed by atoms with E-state index in [-0.39, 0.29) is 0 Å². The zero-order valence-corrected chi connectivity index (χ0v) is 8.80. The average Bonchev–Trinajstić information content (AvgIpc) is 1.63. The van der Waals surface area contributed by atoms with Gasteiger partial charge < -0.3 is 0 Å². The Bertz CT molecular complexity index is 99.1. The van der Waals surface area contributed by atoms with Crippen LogP contribution in [0.1, 0.15) is 6.42 Å². The topological polar surface area (TPSA) is 3.24 Å². The molecule has 0 fully saturated rings. The summed E-state index contributed by atoms with van der Waals surface area (Å²) >= 11 is -1.47. The molecule has 0 amide bonds.